The maximum Gasteiger partial charge on any atom is 0.358 e. The van der Waals surface area contributed by atoms with Crippen molar-refractivity contribution in [3.8, 4) is 17.2 Å². The Morgan fingerprint density at radius 2 is 1.91 bits per heavy atom. The molecule has 0 aliphatic carbocycles. The summed E-state index contributed by atoms with van der Waals surface area (Å²) < 4.78 is 6.69. The highest BCUT2D eigenvalue weighted by Crippen LogP contribution is 2.24. The molecule has 0 saturated carbocycles. The second-order valence-corrected chi connectivity index (χ2v) is 7.21. The SMILES string of the molecule is CCOC(=O)c1cc2nc(CC)cc(NCc3ccc(-c4ccccc4C#N)cc3)n2n1. The van der Waals surface area contributed by atoms with E-state index in [1.165, 1.54) is 0 Å². The van der Waals surface area contributed by atoms with Crippen molar-refractivity contribution in [1.29, 1.82) is 5.26 Å². The Hall–Kier alpha value is -4.18. The molecule has 0 unspecified atom stereocenters. The van der Waals surface area contributed by atoms with Crippen molar-refractivity contribution < 1.29 is 9.53 Å². The van der Waals surface area contributed by atoms with Crippen LogP contribution in [0.3, 0.4) is 0 Å². The van der Waals surface area contributed by atoms with Crippen LogP contribution in [0.1, 0.15) is 41.2 Å². The van der Waals surface area contributed by atoms with Gasteiger partial charge in [-0.15, -0.1) is 0 Å². The smallest absolute Gasteiger partial charge is 0.358 e. The Morgan fingerprint density at radius 3 is 2.62 bits per heavy atom. The fourth-order valence-corrected chi connectivity index (χ4v) is 3.47. The first-order valence-electron chi connectivity index (χ1n) is 10.5. The molecule has 7 heteroatoms. The number of esters is 1. The summed E-state index contributed by atoms with van der Waals surface area (Å²) in [5.41, 5.74) is 5.37. The van der Waals surface area contributed by atoms with Gasteiger partial charge in [-0.05, 0) is 36.1 Å². The van der Waals surface area contributed by atoms with E-state index in [0.717, 1.165) is 34.6 Å². The first-order valence-corrected chi connectivity index (χ1v) is 10.5. The third-order valence-corrected chi connectivity index (χ3v) is 5.11. The molecule has 0 spiro atoms. The first kappa shape index (κ1) is 21.1. The van der Waals surface area contributed by atoms with Crippen LogP contribution < -0.4 is 5.32 Å². The molecule has 0 aliphatic heterocycles. The van der Waals surface area contributed by atoms with Gasteiger partial charge in [0.15, 0.2) is 11.3 Å². The van der Waals surface area contributed by atoms with Gasteiger partial charge < -0.3 is 10.1 Å². The van der Waals surface area contributed by atoms with Crippen LogP contribution in [0.15, 0.2) is 60.7 Å². The molecule has 2 aromatic heterocycles. The number of benzene rings is 2. The summed E-state index contributed by atoms with van der Waals surface area (Å²) in [6.07, 6.45) is 0.762. The van der Waals surface area contributed by atoms with Crippen LogP contribution in [0.25, 0.3) is 16.8 Å². The number of carbonyl (C=O) groups excluding carboxylic acids is 1. The van der Waals surface area contributed by atoms with E-state index in [1.807, 2.05) is 61.5 Å². The number of nitriles is 1. The number of aryl methyl sites for hydroxylation is 1. The van der Waals surface area contributed by atoms with Gasteiger partial charge in [-0.3, -0.25) is 0 Å². The lowest BCUT2D eigenvalue weighted by Crippen LogP contribution is -2.09. The van der Waals surface area contributed by atoms with Crippen molar-refractivity contribution >= 4 is 17.4 Å². The normalized spacial score (nSPS) is 10.7. The Kier molecular flexibility index (Phi) is 6.13. The summed E-state index contributed by atoms with van der Waals surface area (Å²) >= 11 is 0. The molecule has 32 heavy (non-hydrogen) atoms. The molecule has 4 aromatic rings. The number of fused-ring (bicyclic) bond motifs is 1. The van der Waals surface area contributed by atoms with E-state index in [0.29, 0.717) is 24.4 Å². The molecule has 2 heterocycles. The summed E-state index contributed by atoms with van der Waals surface area (Å²) in [7, 11) is 0. The fourth-order valence-electron chi connectivity index (χ4n) is 3.47. The zero-order valence-corrected chi connectivity index (χ0v) is 18.0. The average Bonchev–Trinajstić information content (AvgIpc) is 3.27. The highest BCUT2D eigenvalue weighted by molar-refractivity contribution is 5.88. The van der Waals surface area contributed by atoms with Crippen LogP contribution in [-0.4, -0.2) is 27.2 Å². The van der Waals surface area contributed by atoms with Crippen molar-refractivity contribution in [2.45, 2.75) is 26.8 Å². The highest BCUT2D eigenvalue weighted by atomic mass is 16.5. The number of hydrogen-bond acceptors (Lipinski definition) is 6. The summed E-state index contributed by atoms with van der Waals surface area (Å²) in [5.74, 6) is 0.288. The molecule has 0 amide bonds. The van der Waals surface area contributed by atoms with Crippen molar-refractivity contribution in [3.63, 3.8) is 0 Å². The van der Waals surface area contributed by atoms with E-state index in [9.17, 15) is 10.1 Å². The largest absolute Gasteiger partial charge is 0.461 e. The van der Waals surface area contributed by atoms with Gasteiger partial charge in [-0.2, -0.15) is 14.9 Å². The maximum atomic E-state index is 12.1. The second-order valence-electron chi connectivity index (χ2n) is 7.21. The van der Waals surface area contributed by atoms with Crippen molar-refractivity contribution in [3.05, 3.63) is 83.2 Å². The number of aromatic nitrogens is 3. The minimum atomic E-state index is -0.463. The average molecular weight is 425 g/mol. The van der Waals surface area contributed by atoms with Crippen LogP contribution in [0.2, 0.25) is 0 Å². The lowest BCUT2D eigenvalue weighted by molar-refractivity contribution is 0.0519. The van der Waals surface area contributed by atoms with Crippen molar-refractivity contribution in [1.82, 2.24) is 14.6 Å². The Morgan fingerprint density at radius 1 is 1.12 bits per heavy atom. The zero-order valence-electron chi connectivity index (χ0n) is 18.0. The third-order valence-electron chi connectivity index (χ3n) is 5.11. The number of nitrogens with zero attached hydrogens (tertiary/aromatic N) is 4. The molecule has 0 radical (unpaired) electrons. The monoisotopic (exact) mass is 425 g/mol. The molecule has 0 atom stereocenters. The summed E-state index contributed by atoms with van der Waals surface area (Å²) in [6.45, 7) is 4.65. The Bertz CT molecular complexity index is 1300. The van der Waals surface area contributed by atoms with Crippen LogP contribution in [0.4, 0.5) is 5.82 Å². The summed E-state index contributed by atoms with van der Waals surface area (Å²) in [6, 6.07) is 21.5. The molecule has 0 fully saturated rings. The molecule has 0 bridgehead atoms. The lowest BCUT2D eigenvalue weighted by atomic mass is 9.99. The summed E-state index contributed by atoms with van der Waals surface area (Å²) in [4.78, 5) is 16.6. The molecule has 4 rings (SSSR count). The number of ether oxygens (including phenoxy) is 1. The van der Waals surface area contributed by atoms with Gasteiger partial charge in [-0.25, -0.2) is 9.78 Å². The third kappa shape index (κ3) is 4.30. The van der Waals surface area contributed by atoms with E-state index in [4.69, 9.17) is 4.74 Å². The first-order chi connectivity index (χ1) is 15.6. The number of carbonyl (C=O) groups is 1. The minimum absolute atomic E-state index is 0.233. The Balaban J connectivity index is 1.57. The number of rotatable bonds is 7. The minimum Gasteiger partial charge on any atom is -0.461 e. The Labute approximate surface area is 186 Å². The quantitative estimate of drug-likeness (QED) is 0.435. The second kappa shape index (κ2) is 9.31. The van der Waals surface area contributed by atoms with E-state index in [1.54, 1.807) is 17.5 Å². The van der Waals surface area contributed by atoms with Crippen LogP contribution in [0.5, 0.6) is 0 Å². The topological polar surface area (TPSA) is 92.3 Å². The maximum absolute atomic E-state index is 12.1. The summed E-state index contributed by atoms with van der Waals surface area (Å²) in [5, 5.41) is 17.1. The number of hydrogen-bond donors (Lipinski definition) is 1. The zero-order chi connectivity index (χ0) is 22.5. The molecule has 160 valence electrons. The van der Waals surface area contributed by atoms with Crippen LogP contribution in [-0.2, 0) is 17.7 Å². The highest BCUT2D eigenvalue weighted by Gasteiger charge is 2.15. The van der Waals surface area contributed by atoms with Gasteiger partial charge in [0.05, 0.1) is 18.2 Å². The van der Waals surface area contributed by atoms with Gasteiger partial charge in [0, 0.05) is 24.4 Å². The van der Waals surface area contributed by atoms with Gasteiger partial charge in [0.1, 0.15) is 5.82 Å². The molecule has 7 nitrogen and oxygen atoms in total. The van der Waals surface area contributed by atoms with E-state index in [-0.39, 0.29) is 5.69 Å². The molecular weight excluding hydrogens is 402 g/mol. The van der Waals surface area contributed by atoms with Gasteiger partial charge >= 0.3 is 5.97 Å². The van der Waals surface area contributed by atoms with Crippen LogP contribution >= 0.6 is 0 Å². The van der Waals surface area contributed by atoms with Gasteiger partial charge in [0.2, 0.25) is 0 Å². The standard InChI is InChI=1S/C25H23N5O2/c1-3-20-13-23(30-24(28-20)14-22(29-30)25(31)32-4-2)27-16-17-9-11-18(12-10-17)21-8-6-5-7-19(21)15-26/h5-14,27H,3-4,16H2,1-2H3. The fraction of sp³-hybridized carbons (Fsp3) is 0.200. The van der Waals surface area contributed by atoms with Gasteiger partial charge in [-0.1, -0.05) is 49.4 Å². The van der Waals surface area contributed by atoms with E-state index in [2.05, 4.69) is 21.5 Å². The van der Waals surface area contributed by atoms with Crippen molar-refractivity contribution in [2.24, 2.45) is 0 Å². The van der Waals surface area contributed by atoms with Crippen molar-refractivity contribution in [2.75, 3.05) is 11.9 Å². The van der Waals surface area contributed by atoms with Gasteiger partial charge in [0.25, 0.3) is 0 Å². The number of nitrogens with one attached hydrogen (secondary N) is 1. The molecule has 2 aromatic carbocycles. The number of anilines is 1. The molecule has 0 aliphatic rings. The molecule has 0 saturated heterocycles. The van der Waals surface area contributed by atoms with Crippen LogP contribution in [0, 0.1) is 11.3 Å². The predicted molar refractivity (Wildman–Crippen MR) is 122 cm³/mol. The molecule has 1 N–H and O–H groups in total. The van der Waals surface area contributed by atoms with E-state index < -0.39 is 5.97 Å². The lowest BCUT2D eigenvalue weighted by Gasteiger charge is -2.11. The molecular formula is C25H23N5O2. The predicted octanol–water partition coefficient (Wildman–Crippen LogP) is 4.62. The van der Waals surface area contributed by atoms with E-state index >= 15 is 0 Å².